The molecule has 0 aromatic rings. The Balaban J connectivity index is 3.81. The van der Waals surface area contributed by atoms with Crippen molar-refractivity contribution < 1.29 is 24.2 Å². The highest BCUT2D eigenvalue weighted by Gasteiger charge is 2.19. The Kier molecular flexibility index (Phi) is 38.3. The smallest absolute Gasteiger partial charge is 0.326 e. The van der Waals surface area contributed by atoms with E-state index in [9.17, 15) is 19.5 Å². The van der Waals surface area contributed by atoms with Gasteiger partial charge in [0, 0.05) is 12.8 Å². The van der Waals surface area contributed by atoms with E-state index in [0.717, 1.165) is 44.9 Å². The summed E-state index contributed by atoms with van der Waals surface area (Å²) in [6, 6.07) is -0.869. The summed E-state index contributed by atoms with van der Waals surface area (Å²) in [4.78, 5) is 36.2. The number of rotatable bonds is 41. The molecule has 302 valence electrons. The molecule has 1 amide bonds. The number of carbonyl (C=O) groups excluding carboxylic acids is 2. The third-order valence-corrected chi connectivity index (χ3v) is 10.4. The van der Waals surface area contributed by atoms with Crippen LogP contribution in [0.4, 0.5) is 0 Å². The van der Waals surface area contributed by atoms with E-state index in [1.54, 1.807) is 0 Å². The number of nitrogens with two attached hydrogens (primary N) is 1. The lowest BCUT2D eigenvalue weighted by molar-refractivity contribution is -0.150. The first-order valence-electron chi connectivity index (χ1n) is 22.4. The molecule has 0 spiro atoms. The molecule has 0 aliphatic carbocycles. The van der Waals surface area contributed by atoms with Gasteiger partial charge in [0.25, 0.3) is 0 Å². The SMILES string of the molecule is CCCCCCCCCCCCCCCCCCCCCCCCCC(=O)OC(CCCCCC)CCCCCC(=O)NC(CCCN)C(=O)O. The van der Waals surface area contributed by atoms with Crippen LogP contribution in [0, 0.1) is 0 Å². The van der Waals surface area contributed by atoms with Crippen LogP contribution in [0.3, 0.4) is 0 Å². The zero-order valence-corrected chi connectivity index (χ0v) is 34.0. The second-order valence-electron chi connectivity index (χ2n) is 15.5. The first-order chi connectivity index (χ1) is 24.9. The molecule has 0 bridgehead atoms. The fraction of sp³-hybridized carbons (Fsp3) is 0.932. The summed E-state index contributed by atoms with van der Waals surface area (Å²) in [5, 5.41) is 11.9. The van der Waals surface area contributed by atoms with E-state index in [2.05, 4.69) is 19.2 Å². The van der Waals surface area contributed by atoms with Gasteiger partial charge in [-0.3, -0.25) is 9.59 Å². The number of carboxylic acid groups (broad SMARTS) is 1. The topological polar surface area (TPSA) is 119 Å². The summed E-state index contributed by atoms with van der Waals surface area (Å²) in [5.74, 6) is -1.30. The van der Waals surface area contributed by atoms with Gasteiger partial charge in [-0.2, -0.15) is 0 Å². The molecule has 0 rings (SSSR count). The maximum absolute atomic E-state index is 12.6. The van der Waals surface area contributed by atoms with E-state index in [1.165, 1.54) is 154 Å². The number of unbranched alkanes of at least 4 members (excludes halogenated alkanes) is 27. The van der Waals surface area contributed by atoms with Crippen molar-refractivity contribution in [3.8, 4) is 0 Å². The van der Waals surface area contributed by atoms with Crippen LogP contribution in [-0.4, -0.2) is 41.6 Å². The number of nitrogens with one attached hydrogen (secondary N) is 1. The number of aliphatic carboxylic acids is 1. The Morgan fingerprint density at radius 3 is 1.24 bits per heavy atom. The number of hydrogen-bond donors (Lipinski definition) is 3. The number of carbonyl (C=O) groups is 3. The van der Waals surface area contributed by atoms with Crippen molar-refractivity contribution in [3.05, 3.63) is 0 Å². The van der Waals surface area contributed by atoms with Crippen LogP contribution in [0.5, 0.6) is 0 Å². The van der Waals surface area contributed by atoms with Crippen molar-refractivity contribution in [2.45, 2.75) is 257 Å². The van der Waals surface area contributed by atoms with E-state index in [-0.39, 0.29) is 18.0 Å². The standard InChI is InChI=1S/C44H86N2O5/c1-3-5-7-9-10-11-12-13-14-15-16-17-18-19-20-21-22-23-24-25-26-27-32-38-43(48)51-40(34-29-8-6-4-2)35-30-28-31-37-42(47)46-41(44(49)50)36-33-39-45/h40-41H,3-39,45H2,1-2H3,(H,46,47)(H,49,50). The highest BCUT2D eigenvalue weighted by molar-refractivity contribution is 5.83. The number of carboxylic acids is 1. The normalized spacial score (nSPS) is 12.5. The maximum atomic E-state index is 12.6. The fourth-order valence-corrected chi connectivity index (χ4v) is 7.04. The van der Waals surface area contributed by atoms with Crippen LogP contribution < -0.4 is 11.1 Å². The van der Waals surface area contributed by atoms with E-state index in [1.807, 2.05) is 0 Å². The van der Waals surface area contributed by atoms with Gasteiger partial charge in [-0.25, -0.2) is 4.79 Å². The van der Waals surface area contributed by atoms with Gasteiger partial charge in [0.2, 0.25) is 5.91 Å². The Morgan fingerprint density at radius 2 is 0.843 bits per heavy atom. The van der Waals surface area contributed by atoms with E-state index in [4.69, 9.17) is 10.5 Å². The van der Waals surface area contributed by atoms with Crippen LogP contribution in [0.15, 0.2) is 0 Å². The molecule has 2 atom stereocenters. The molecule has 2 unspecified atom stereocenters. The number of ether oxygens (including phenoxy) is 1. The van der Waals surface area contributed by atoms with Gasteiger partial charge in [0.1, 0.15) is 12.1 Å². The van der Waals surface area contributed by atoms with Gasteiger partial charge >= 0.3 is 11.9 Å². The Hall–Kier alpha value is -1.63. The quantitative estimate of drug-likeness (QED) is 0.0427. The summed E-state index contributed by atoms with van der Waals surface area (Å²) >= 11 is 0. The first-order valence-corrected chi connectivity index (χ1v) is 22.4. The Labute approximate surface area is 316 Å². The minimum absolute atomic E-state index is 0.0413. The largest absolute Gasteiger partial charge is 0.480 e. The third-order valence-electron chi connectivity index (χ3n) is 10.4. The predicted molar refractivity (Wildman–Crippen MR) is 216 cm³/mol. The highest BCUT2D eigenvalue weighted by atomic mass is 16.5. The second kappa shape index (κ2) is 39.6. The third kappa shape index (κ3) is 36.5. The highest BCUT2D eigenvalue weighted by Crippen LogP contribution is 2.19. The molecule has 0 saturated heterocycles. The molecule has 7 nitrogen and oxygen atoms in total. The summed E-state index contributed by atoms with van der Waals surface area (Å²) in [6.07, 6.45) is 41.9. The van der Waals surface area contributed by atoms with Gasteiger partial charge in [-0.05, 0) is 57.9 Å². The Bertz CT molecular complexity index is 777. The van der Waals surface area contributed by atoms with Gasteiger partial charge in [0.15, 0.2) is 0 Å². The van der Waals surface area contributed by atoms with Crippen LogP contribution in [0.25, 0.3) is 0 Å². The van der Waals surface area contributed by atoms with Crippen molar-refractivity contribution in [2.75, 3.05) is 6.54 Å². The van der Waals surface area contributed by atoms with E-state index >= 15 is 0 Å². The maximum Gasteiger partial charge on any atom is 0.326 e. The second-order valence-corrected chi connectivity index (χ2v) is 15.5. The minimum atomic E-state index is -1.01. The van der Waals surface area contributed by atoms with Crippen molar-refractivity contribution >= 4 is 17.8 Å². The molecule has 0 aromatic carbocycles. The predicted octanol–water partition coefficient (Wildman–Crippen LogP) is 12.5. The van der Waals surface area contributed by atoms with Crippen molar-refractivity contribution in [3.63, 3.8) is 0 Å². The fourth-order valence-electron chi connectivity index (χ4n) is 7.04. The zero-order chi connectivity index (χ0) is 37.5. The zero-order valence-electron chi connectivity index (χ0n) is 34.0. The monoisotopic (exact) mass is 723 g/mol. The molecule has 0 fully saturated rings. The summed E-state index contributed by atoms with van der Waals surface area (Å²) in [6.45, 7) is 4.90. The summed E-state index contributed by atoms with van der Waals surface area (Å²) in [7, 11) is 0. The van der Waals surface area contributed by atoms with Crippen LogP contribution >= 0.6 is 0 Å². The van der Waals surface area contributed by atoms with Crippen molar-refractivity contribution in [2.24, 2.45) is 5.73 Å². The molecule has 4 N–H and O–H groups in total. The molecule has 7 heteroatoms. The summed E-state index contributed by atoms with van der Waals surface area (Å²) < 4.78 is 5.93. The molecule has 0 heterocycles. The molecule has 51 heavy (non-hydrogen) atoms. The number of hydrogen-bond acceptors (Lipinski definition) is 5. The molecular formula is C44H86N2O5. The number of esters is 1. The molecule has 0 aliphatic heterocycles. The lowest BCUT2D eigenvalue weighted by atomic mass is 10.0. The average Bonchev–Trinajstić information content (AvgIpc) is 3.11. The Morgan fingerprint density at radius 1 is 0.490 bits per heavy atom. The van der Waals surface area contributed by atoms with Crippen molar-refractivity contribution in [1.82, 2.24) is 5.32 Å². The summed E-state index contributed by atoms with van der Waals surface area (Å²) in [5.41, 5.74) is 5.48. The van der Waals surface area contributed by atoms with E-state index in [0.29, 0.717) is 38.6 Å². The van der Waals surface area contributed by atoms with E-state index < -0.39 is 12.0 Å². The molecule has 0 saturated carbocycles. The van der Waals surface area contributed by atoms with Crippen LogP contribution in [0.1, 0.15) is 245 Å². The van der Waals surface area contributed by atoms with Gasteiger partial charge in [-0.15, -0.1) is 0 Å². The van der Waals surface area contributed by atoms with Gasteiger partial charge in [-0.1, -0.05) is 181 Å². The molecule has 0 aliphatic rings. The van der Waals surface area contributed by atoms with Gasteiger partial charge < -0.3 is 20.9 Å². The van der Waals surface area contributed by atoms with Crippen LogP contribution in [-0.2, 0) is 19.1 Å². The van der Waals surface area contributed by atoms with Crippen LogP contribution in [0.2, 0.25) is 0 Å². The van der Waals surface area contributed by atoms with Gasteiger partial charge in [0.05, 0.1) is 0 Å². The van der Waals surface area contributed by atoms with Crippen molar-refractivity contribution in [1.29, 1.82) is 0 Å². The lowest BCUT2D eigenvalue weighted by Gasteiger charge is -2.18. The number of amides is 1. The first kappa shape index (κ1) is 49.4. The molecule has 0 radical (unpaired) electrons. The lowest BCUT2D eigenvalue weighted by Crippen LogP contribution is -2.40. The molecular weight excluding hydrogens is 636 g/mol. The minimum Gasteiger partial charge on any atom is -0.480 e. The average molecular weight is 723 g/mol. The molecule has 0 aromatic heterocycles.